The van der Waals surface area contributed by atoms with Gasteiger partial charge in [0.1, 0.15) is 0 Å². The predicted octanol–water partition coefficient (Wildman–Crippen LogP) is -5.38. The molecule has 0 rings (SSSR count). The largest absolute Gasteiger partial charge is 1.00 e. The average molecular weight is 214 g/mol. The maximum Gasteiger partial charge on any atom is 1.00 e. The number of carboxylic acids is 2. The van der Waals surface area contributed by atoms with Gasteiger partial charge < -0.3 is 22.6 Å². The molecule has 0 aromatic rings. The summed E-state index contributed by atoms with van der Waals surface area (Å²) in [5.41, 5.74) is 0. The minimum atomic E-state index is -1.82. The summed E-state index contributed by atoms with van der Waals surface area (Å²) in [7, 11) is 0. The summed E-state index contributed by atoms with van der Waals surface area (Å²) < 4.78 is 0. The van der Waals surface area contributed by atoms with Crippen molar-refractivity contribution in [3.63, 3.8) is 0 Å². The SMILES string of the molecule is O.O.O=C(O)C(=O)O.[H-].[K+].[Ti]. The van der Waals surface area contributed by atoms with Crippen LogP contribution in [0.2, 0.25) is 0 Å². The number of hydrogen-bond donors (Lipinski definition) is 2. The van der Waals surface area contributed by atoms with Crippen molar-refractivity contribution in [2.24, 2.45) is 0 Å². The molecule has 0 saturated carbocycles. The molecule has 6 nitrogen and oxygen atoms in total. The Kier molecular flexibility index (Phi) is 50.5. The van der Waals surface area contributed by atoms with E-state index in [2.05, 4.69) is 0 Å². The van der Waals surface area contributed by atoms with E-state index in [4.69, 9.17) is 19.8 Å². The van der Waals surface area contributed by atoms with E-state index in [0.717, 1.165) is 0 Å². The second-order valence-corrected chi connectivity index (χ2v) is 0.610. The first-order valence-corrected chi connectivity index (χ1v) is 1.11. The molecule has 0 amide bonds. The fraction of sp³-hybridized carbons (Fsp3) is 0. The Hall–Kier alpha value is 1.21. The molecule has 0 saturated heterocycles. The van der Waals surface area contributed by atoms with E-state index in [-0.39, 0.29) is 85.5 Å². The summed E-state index contributed by atoms with van der Waals surface area (Å²) in [5.74, 6) is -3.65. The van der Waals surface area contributed by atoms with Gasteiger partial charge in [-0.2, -0.15) is 0 Å². The number of carboxylic acid groups (broad SMARTS) is 2. The summed E-state index contributed by atoms with van der Waals surface area (Å²) in [6, 6.07) is 0. The Morgan fingerprint density at radius 3 is 1.10 bits per heavy atom. The monoisotopic (exact) mass is 214 g/mol. The van der Waals surface area contributed by atoms with E-state index in [9.17, 15) is 0 Å². The molecule has 0 aromatic heterocycles. The van der Waals surface area contributed by atoms with E-state index in [1.807, 2.05) is 0 Å². The Morgan fingerprint density at radius 2 is 1.10 bits per heavy atom. The van der Waals surface area contributed by atoms with Crippen molar-refractivity contribution in [2.75, 3.05) is 0 Å². The van der Waals surface area contributed by atoms with Crippen LogP contribution in [-0.2, 0) is 31.3 Å². The molecular weight excluding hydrogens is 207 g/mol. The van der Waals surface area contributed by atoms with Gasteiger partial charge in [0, 0.05) is 21.7 Å². The number of hydrogen-bond acceptors (Lipinski definition) is 2. The van der Waals surface area contributed by atoms with Crippen LogP contribution in [0, 0.1) is 0 Å². The second kappa shape index (κ2) is 16.7. The molecule has 0 spiro atoms. The van der Waals surface area contributed by atoms with E-state index in [1.54, 1.807) is 0 Å². The third kappa shape index (κ3) is 22.9. The van der Waals surface area contributed by atoms with Gasteiger partial charge in [0.05, 0.1) is 0 Å². The van der Waals surface area contributed by atoms with E-state index in [1.165, 1.54) is 0 Å². The van der Waals surface area contributed by atoms with Gasteiger partial charge in [-0.25, -0.2) is 9.59 Å². The van der Waals surface area contributed by atoms with Gasteiger partial charge in [0.2, 0.25) is 0 Å². The van der Waals surface area contributed by atoms with Crippen molar-refractivity contribution in [1.82, 2.24) is 0 Å². The summed E-state index contributed by atoms with van der Waals surface area (Å²) >= 11 is 0. The van der Waals surface area contributed by atoms with Gasteiger partial charge in [-0.1, -0.05) is 0 Å². The van der Waals surface area contributed by atoms with Gasteiger partial charge in [0.25, 0.3) is 0 Å². The van der Waals surface area contributed by atoms with E-state index < -0.39 is 11.9 Å². The summed E-state index contributed by atoms with van der Waals surface area (Å²) in [6.45, 7) is 0. The molecule has 10 heavy (non-hydrogen) atoms. The molecule has 0 heterocycles. The van der Waals surface area contributed by atoms with Crippen molar-refractivity contribution >= 4 is 11.9 Å². The van der Waals surface area contributed by atoms with Gasteiger partial charge in [-0.05, 0) is 0 Å². The topological polar surface area (TPSA) is 138 Å². The van der Waals surface area contributed by atoms with Crippen LogP contribution in [0.15, 0.2) is 0 Å². The van der Waals surface area contributed by atoms with Gasteiger partial charge in [-0.3, -0.25) is 0 Å². The van der Waals surface area contributed by atoms with Crippen LogP contribution in [0.3, 0.4) is 0 Å². The standard InChI is InChI=1S/C2H2O4.K.2H2O.Ti.H/c3-1(4)2(5)6;;;;;/h(H,3,4)(H,5,6);;2*1H2;;/q;+1;;;;-1. The van der Waals surface area contributed by atoms with Crippen LogP contribution in [0.5, 0.6) is 0 Å². The van der Waals surface area contributed by atoms with Crippen LogP contribution < -0.4 is 51.4 Å². The maximum absolute atomic E-state index is 9.10. The molecule has 0 atom stereocenters. The molecule has 0 bridgehead atoms. The second-order valence-electron chi connectivity index (χ2n) is 0.610. The van der Waals surface area contributed by atoms with Gasteiger partial charge in [-0.15, -0.1) is 0 Å². The minimum absolute atomic E-state index is 0. The molecule has 8 heteroatoms. The molecule has 0 aliphatic heterocycles. The Morgan fingerprint density at radius 1 is 1.00 bits per heavy atom. The quantitative estimate of drug-likeness (QED) is 0.307. The number of aliphatic carboxylic acids is 2. The van der Waals surface area contributed by atoms with Crippen molar-refractivity contribution in [3.8, 4) is 0 Å². The van der Waals surface area contributed by atoms with E-state index >= 15 is 0 Å². The van der Waals surface area contributed by atoms with Crippen LogP contribution in [0.4, 0.5) is 0 Å². The minimum Gasteiger partial charge on any atom is -1.00 e. The maximum atomic E-state index is 9.10. The molecule has 0 aromatic carbocycles. The molecule has 0 unspecified atom stereocenters. The summed E-state index contributed by atoms with van der Waals surface area (Å²) in [5, 5.41) is 14.8. The fourth-order valence-corrected chi connectivity index (χ4v) is 0. The predicted molar refractivity (Wildman–Crippen MR) is 23.6 cm³/mol. The van der Waals surface area contributed by atoms with Crippen molar-refractivity contribution in [3.05, 3.63) is 0 Å². The molecule has 0 radical (unpaired) electrons. The summed E-state index contributed by atoms with van der Waals surface area (Å²) in [4.78, 5) is 18.2. The average Bonchev–Trinajstić information content (AvgIpc) is 1.36. The zero-order valence-corrected chi connectivity index (χ0v) is 9.90. The Bertz CT molecular complexity index is 86.6. The fourth-order valence-electron chi connectivity index (χ4n) is 0. The molecule has 0 aliphatic rings. The van der Waals surface area contributed by atoms with E-state index in [0.29, 0.717) is 0 Å². The normalized spacial score (nSPS) is 4.40. The van der Waals surface area contributed by atoms with Crippen LogP contribution in [-0.4, -0.2) is 33.1 Å². The Balaban J connectivity index is -0.0000000125. The summed E-state index contributed by atoms with van der Waals surface area (Å²) in [6.07, 6.45) is 0. The first kappa shape index (κ1) is 30.3. The molecule has 6 N–H and O–H groups in total. The zero-order valence-electron chi connectivity index (χ0n) is 6.21. The van der Waals surface area contributed by atoms with Gasteiger partial charge in [0.15, 0.2) is 0 Å². The first-order valence-electron chi connectivity index (χ1n) is 1.11. The Labute approximate surface area is 115 Å². The molecule has 56 valence electrons. The number of carbonyl (C=O) groups is 2. The third-order valence-electron chi connectivity index (χ3n) is 0.183. The smallest absolute Gasteiger partial charge is 1.00 e. The van der Waals surface area contributed by atoms with Crippen LogP contribution in [0.1, 0.15) is 1.43 Å². The molecular formula is C2H7KO6Ti. The van der Waals surface area contributed by atoms with Crippen molar-refractivity contribution in [2.45, 2.75) is 0 Å². The third-order valence-corrected chi connectivity index (χ3v) is 0.183. The van der Waals surface area contributed by atoms with Crippen molar-refractivity contribution < 1.29 is 105 Å². The molecule has 0 fully saturated rings. The van der Waals surface area contributed by atoms with Crippen molar-refractivity contribution in [1.29, 1.82) is 0 Å². The number of rotatable bonds is 0. The van der Waals surface area contributed by atoms with Crippen LogP contribution in [0.25, 0.3) is 0 Å². The molecule has 0 aliphatic carbocycles. The zero-order chi connectivity index (χ0) is 5.15. The van der Waals surface area contributed by atoms with Crippen LogP contribution >= 0.6 is 0 Å². The van der Waals surface area contributed by atoms with Gasteiger partial charge >= 0.3 is 63.3 Å². The first-order chi connectivity index (χ1) is 2.64.